The molecule has 8 nitrogen and oxygen atoms in total. The molecule has 178 valence electrons. The summed E-state index contributed by atoms with van der Waals surface area (Å²) >= 11 is 5.80. The van der Waals surface area contributed by atoms with E-state index in [0.29, 0.717) is 11.6 Å². The molecule has 3 rings (SSSR count). The number of anilines is 2. The Morgan fingerprint density at radius 3 is 2.56 bits per heavy atom. The van der Waals surface area contributed by atoms with Crippen molar-refractivity contribution in [2.24, 2.45) is 7.05 Å². The Kier molecular flexibility index (Phi) is 7.21. The first-order valence-electron chi connectivity index (χ1n) is 9.95. The number of rotatable bonds is 6. The highest BCUT2D eigenvalue weighted by molar-refractivity contribution is 6.31. The number of nitrogens with one attached hydrogen (secondary N) is 1. The van der Waals surface area contributed by atoms with Gasteiger partial charge in [0, 0.05) is 37.0 Å². The van der Waals surface area contributed by atoms with E-state index in [2.05, 4.69) is 5.32 Å². The summed E-state index contributed by atoms with van der Waals surface area (Å²) in [6.07, 6.45) is 1.00. The lowest BCUT2D eigenvalue weighted by molar-refractivity contribution is -0.136. The average molecular weight is 492 g/mol. The van der Waals surface area contributed by atoms with E-state index in [1.807, 2.05) is 0 Å². The number of aryl methyl sites for hydroxylation is 2. The van der Waals surface area contributed by atoms with E-state index >= 15 is 0 Å². The van der Waals surface area contributed by atoms with Gasteiger partial charge in [0.2, 0.25) is 0 Å². The third-order valence-electron chi connectivity index (χ3n) is 4.98. The van der Waals surface area contributed by atoms with Crippen molar-refractivity contribution in [3.05, 3.63) is 75.2 Å². The standard InChI is InChI=1S/C23H20ClF2N3O5/c1-12-11-28(2)22(33)20(21(12)32)29(23(34)27-7-6-19(30)31)14-5-3-4-13(8-14)15-9-16(24)18(26)10-17(15)25/h3-5,8-11,32H,6-7H2,1-2H3,(H,27,34)(H,30,31). The van der Waals surface area contributed by atoms with Gasteiger partial charge >= 0.3 is 12.0 Å². The van der Waals surface area contributed by atoms with Crippen molar-refractivity contribution < 1.29 is 28.6 Å². The zero-order valence-electron chi connectivity index (χ0n) is 18.1. The molecule has 0 radical (unpaired) electrons. The third kappa shape index (κ3) is 5.01. The molecule has 1 heterocycles. The molecular weight excluding hydrogens is 472 g/mol. The van der Waals surface area contributed by atoms with Crippen molar-refractivity contribution in [1.82, 2.24) is 9.88 Å². The number of amides is 2. The van der Waals surface area contributed by atoms with Crippen LogP contribution in [0.5, 0.6) is 5.75 Å². The molecule has 0 spiro atoms. The number of aromatic nitrogens is 1. The van der Waals surface area contributed by atoms with Crippen LogP contribution in [0, 0.1) is 18.6 Å². The van der Waals surface area contributed by atoms with E-state index in [9.17, 15) is 28.3 Å². The maximum Gasteiger partial charge on any atom is 0.326 e. The molecule has 0 bridgehead atoms. The first-order chi connectivity index (χ1) is 16.0. The SMILES string of the molecule is Cc1cn(C)c(=O)c(N(C(=O)NCCC(=O)O)c2cccc(-c3cc(Cl)c(F)cc3F)c2)c1O. The number of aromatic hydroxyl groups is 1. The lowest BCUT2D eigenvalue weighted by Crippen LogP contribution is -2.41. The van der Waals surface area contributed by atoms with Crippen LogP contribution in [0.3, 0.4) is 0 Å². The molecule has 0 fully saturated rings. The number of benzene rings is 2. The number of hydrogen-bond donors (Lipinski definition) is 3. The van der Waals surface area contributed by atoms with Crippen LogP contribution in [-0.2, 0) is 11.8 Å². The molecule has 11 heteroatoms. The zero-order chi connectivity index (χ0) is 25.2. The summed E-state index contributed by atoms with van der Waals surface area (Å²) < 4.78 is 29.2. The number of halogens is 3. The molecule has 2 aromatic carbocycles. The fourth-order valence-corrected chi connectivity index (χ4v) is 3.49. The number of urea groups is 1. The molecule has 0 saturated heterocycles. The summed E-state index contributed by atoms with van der Waals surface area (Å²) in [7, 11) is 1.44. The Labute approximate surface area is 197 Å². The maximum atomic E-state index is 14.5. The molecular formula is C23H20ClF2N3O5. The Morgan fingerprint density at radius 1 is 1.18 bits per heavy atom. The molecule has 0 aliphatic carbocycles. The van der Waals surface area contributed by atoms with Gasteiger partial charge in [0.25, 0.3) is 5.56 Å². The topological polar surface area (TPSA) is 112 Å². The quantitative estimate of drug-likeness (QED) is 0.445. The molecule has 34 heavy (non-hydrogen) atoms. The highest BCUT2D eigenvalue weighted by Gasteiger charge is 2.27. The lowest BCUT2D eigenvalue weighted by Gasteiger charge is -2.25. The summed E-state index contributed by atoms with van der Waals surface area (Å²) in [5, 5.41) is 21.6. The number of pyridine rings is 1. The molecule has 1 aromatic heterocycles. The molecule has 0 aliphatic heterocycles. The van der Waals surface area contributed by atoms with Crippen LogP contribution in [0.4, 0.5) is 25.0 Å². The summed E-state index contributed by atoms with van der Waals surface area (Å²) in [6.45, 7) is 1.28. The van der Waals surface area contributed by atoms with Crippen molar-refractivity contribution >= 4 is 35.0 Å². The predicted octanol–water partition coefficient (Wildman–Crippen LogP) is 4.32. The second-order valence-electron chi connectivity index (χ2n) is 7.43. The Hall–Kier alpha value is -3.92. The number of hydrogen-bond acceptors (Lipinski definition) is 4. The third-order valence-corrected chi connectivity index (χ3v) is 5.26. The van der Waals surface area contributed by atoms with Gasteiger partial charge in [-0.15, -0.1) is 0 Å². The Bertz CT molecular complexity index is 1340. The largest absolute Gasteiger partial charge is 0.505 e. The van der Waals surface area contributed by atoms with Crippen molar-refractivity contribution in [2.75, 3.05) is 11.4 Å². The Morgan fingerprint density at radius 2 is 1.88 bits per heavy atom. The Balaban J connectivity index is 2.18. The summed E-state index contributed by atoms with van der Waals surface area (Å²) in [5.74, 6) is -3.44. The number of aliphatic carboxylic acids is 1. The number of carboxylic acids is 1. The van der Waals surface area contributed by atoms with Crippen LogP contribution in [0.2, 0.25) is 5.02 Å². The van der Waals surface area contributed by atoms with E-state index in [-0.39, 0.29) is 40.5 Å². The van der Waals surface area contributed by atoms with Gasteiger partial charge in [0.1, 0.15) is 17.4 Å². The molecule has 3 aromatic rings. The van der Waals surface area contributed by atoms with Gasteiger partial charge in [-0.1, -0.05) is 23.7 Å². The zero-order valence-corrected chi connectivity index (χ0v) is 18.9. The van der Waals surface area contributed by atoms with Gasteiger partial charge in [-0.2, -0.15) is 0 Å². The summed E-state index contributed by atoms with van der Waals surface area (Å²) in [4.78, 5) is 37.7. The molecule has 0 atom stereocenters. The number of nitrogens with zero attached hydrogens (tertiary/aromatic N) is 2. The van der Waals surface area contributed by atoms with E-state index in [1.165, 1.54) is 49.0 Å². The van der Waals surface area contributed by atoms with Gasteiger partial charge in [-0.3, -0.25) is 14.5 Å². The van der Waals surface area contributed by atoms with Crippen molar-refractivity contribution in [2.45, 2.75) is 13.3 Å². The minimum Gasteiger partial charge on any atom is -0.505 e. The van der Waals surface area contributed by atoms with Crippen LogP contribution >= 0.6 is 11.6 Å². The molecule has 0 unspecified atom stereocenters. The molecule has 2 amide bonds. The fraction of sp³-hybridized carbons (Fsp3) is 0.174. The first kappa shape index (κ1) is 24.7. The smallest absolute Gasteiger partial charge is 0.326 e. The van der Waals surface area contributed by atoms with Crippen LogP contribution in [0.15, 0.2) is 47.4 Å². The van der Waals surface area contributed by atoms with Crippen molar-refractivity contribution in [1.29, 1.82) is 0 Å². The first-order valence-corrected chi connectivity index (χ1v) is 10.3. The van der Waals surface area contributed by atoms with E-state index < -0.39 is 34.9 Å². The maximum absolute atomic E-state index is 14.5. The second-order valence-corrected chi connectivity index (χ2v) is 7.84. The average Bonchev–Trinajstić information content (AvgIpc) is 2.77. The fourth-order valence-electron chi connectivity index (χ4n) is 3.33. The summed E-state index contributed by atoms with van der Waals surface area (Å²) in [5.41, 5.74) is -0.579. The monoisotopic (exact) mass is 491 g/mol. The van der Waals surface area contributed by atoms with Gasteiger partial charge < -0.3 is 20.1 Å². The van der Waals surface area contributed by atoms with Gasteiger partial charge in [-0.25, -0.2) is 13.6 Å². The van der Waals surface area contributed by atoms with Gasteiger partial charge in [0.05, 0.1) is 17.1 Å². The number of carbonyl (C=O) groups excluding carboxylic acids is 1. The minimum absolute atomic E-state index is 0.0548. The van der Waals surface area contributed by atoms with Crippen LogP contribution in [-0.4, -0.2) is 33.3 Å². The summed E-state index contributed by atoms with van der Waals surface area (Å²) in [6, 6.07) is 6.57. The minimum atomic E-state index is -1.15. The van der Waals surface area contributed by atoms with Gasteiger partial charge in [0.15, 0.2) is 5.69 Å². The number of carboxylic acid groups (broad SMARTS) is 1. The van der Waals surface area contributed by atoms with E-state index in [0.717, 1.165) is 11.0 Å². The normalized spacial score (nSPS) is 10.7. The van der Waals surface area contributed by atoms with E-state index in [4.69, 9.17) is 16.7 Å². The van der Waals surface area contributed by atoms with Crippen molar-refractivity contribution in [3.8, 4) is 16.9 Å². The van der Waals surface area contributed by atoms with Gasteiger partial charge in [-0.05, 0) is 30.7 Å². The lowest BCUT2D eigenvalue weighted by atomic mass is 10.0. The molecule has 0 saturated carbocycles. The predicted molar refractivity (Wildman–Crippen MR) is 123 cm³/mol. The second kappa shape index (κ2) is 9.92. The van der Waals surface area contributed by atoms with E-state index in [1.54, 1.807) is 0 Å². The highest BCUT2D eigenvalue weighted by Crippen LogP contribution is 2.35. The van der Waals surface area contributed by atoms with Crippen LogP contribution < -0.4 is 15.8 Å². The van der Waals surface area contributed by atoms with Crippen LogP contribution in [0.1, 0.15) is 12.0 Å². The van der Waals surface area contributed by atoms with Crippen LogP contribution in [0.25, 0.3) is 11.1 Å². The highest BCUT2D eigenvalue weighted by atomic mass is 35.5. The van der Waals surface area contributed by atoms with Crippen molar-refractivity contribution in [3.63, 3.8) is 0 Å². The molecule has 3 N–H and O–H groups in total. The number of carbonyl (C=O) groups is 2. The molecule has 0 aliphatic rings.